The van der Waals surface area contributed by atoms with Crippen LogP contribution in [0.25, 0.3) is 6.08 Å². The maximum Gasteiger partial charge on any atom is 0.333 e. The van der Waals surface area contributed by atoms with Gasteiger partial charge in [-0.05, 0) is 99.4 Å². The predicted molar refractivity (Wildman–Crippen MR) is 206 cm³/mol. The van der Waals surface area contributed by atoms with Gasteiger partial charge in [0, 0.05) is 41.5 Å². The molecule has 1 aromatic carbocycles. The van der Waals surface area contributed by atoms with Crippen molar-refractivity contribution in [2.24, 2.45) is 11.8 Å². The van der Waals surface area contributed by atoms with E-state index in [0.717, 1.165) is 43.6 Å². The molecule has 1 unspecified atom stereocenters. The van der Waals surface area contributed by atoms with Crippen molar-refractivity contribution in [1.29, 1.82) is 0 Å². The molecule has 3 aliphatic heterocycles. The van der Waals surface area contributed by atoms with Gasteiger partial charge in [0.25, 0.3) is 0 Å². The number of Topliss-reactive ketones (excluding diaryl/α,β-unsaturated/α-hetero) is 2. The van der Waals surface area contributed by atoms with Gasteiger partial charge < -0.3 is 23.7 Å². The number of hydrogen-bond acceptors (Lipinski definition) is 9. The van der Waals surface area contributed by atoms with Crippen LogP contribution in [-0.4, -0.2) is 78.7 Å². The number of ketones is 2. The van der Waals surface area contributed by atoms with Gasteiger partial charge in [-0.2, -0.15) is 0 Å². The van der Waals surface area contributed by atoms with E-state index < -0.39 is 34.3 Å². The first-order valence-electron chi connectivity index (χ1n) is 19.1. The summed E-state index contributed by atoms with van der Waals surface area (Å²) in [4.78, 5) is 44.6. The Labute approximate surface area is 315 Å². The molecule has 2 fully saturated rings. The number of rotatable bonds is 13. The molecule has 0 radical (unpaired) electrons. The lowest BCUT2D eigenvalue weighted by molar-refractivity contribution is -0.171. The van der Waals surface area contributed by atoms with E-state index in [9.17, 15) is 9.59 Å². The molecule has 0 amide bonds. The first kappa shape index (κ1) is 38.8. The van der Waals surface area contributed by atoms with Gasteiger partial charge in [0.15, 0.2) is 22.8 Å². The highest BCUT2D eigenvalue weighted by Crippen LogP contribution is 2.68. The zero-order valence-electron chi connectivity index (χ0n) is 33.5. The number of ether oxygens (including phenoxy) is 5. The van der Waals surface area contributed by atoms with E-state index in [1.165, 1.54) is 12.7 Å². The second kappa shape index (κ2) is 14.0. The molecule has 6 aliphatic rings. The Kier molecular flexibility index (Phi) is 10.3. The lowest BCUT2D eigenvalue weighted by Gasteiger charge is -2.56. The summed E-state index contributed by atoms with van der Waals surface area (Å²) in [5.41, 5.74) is 0.536. The van der Waals surface area contributed by atoms with Crippen molar-refractivity contribution in [3.8, 4) is 17.2 Å². The van der Waals surface area contributed by atoms with Gasteiger partial charge >= 0.3 is 5.97 Å². The summed E-state index contributed by atoms with van der Waals surface area (Å²) in [5.74, 6) is -0.347. The van der Waals surface area contributed by atoms with Crippen molar-refractivity contribution in [3.63, 3.8) is 0 Å². The minimum atomic E-state index is -1.54. The largest absolute Gasteiger partial charge is 0.495 e. The summed E-state index contributed by atoms with van der Waals surface area (Å²) in [5, 5.41) is 0. The zero-order chi connectivity index (χ0) is 38.7. The number of carbonyl (C=O) groups excluding carboxylic acids is 3. The summed E-state index contributed by atoms with van der Waals surface area (Å²) < 4.78 is 32.4. The molecule has 1 saturated carbocycles. The predicted octanol–water partition coefficient (Wildman–Crippen LogP) is 7.95. The van der Waals surface area contributed by atoms with Crippen molar-refractivity contribution >= 4 is 23.6 Å². The summed E-state index contributed by atoms with van der Waals surface area (Å²) in [6, 6.07) is 0. The molecule has 4 bridgehead atoms. The Morgan fingerprint density at radius 3 is 2.36 bits per heavy atom. The molecular weight excluding hydrogens is 670 g/mol. The molecule has 53 heavy (non-hydrogen) atoms. The highest BCUT2D eigenvalue weighted by atomic mass is 16.6. The molecule has 1 aromatic rings. The van der Waals surface area contributed by atoms with Gasteiger partial charge in [-0.15, -0.1) is 0 Å². The number of likely N-dealkylation sites (N-methyl/N-ethyl adjacent to an activating group) is 1. The second-order valence-electron chi connectivity index (χ2n) is 16.4. The Hall–Kier alpha value is -3.95. The van der Waals surface area contributed by atoms with Gasteiger partial charge in [0.2, 0.25) is 0 Å². The standard InChI is InChI=1S/C44H57NO8/c1-12-45(13-2)25-27(5)15-14-20-42(9)21-19-31-36(51-42)30(17-16-26(3)4)38-34(37(31)49-10)35(46)32-23-29-24-33-41(7,8)53-43(39(29)47,44(32,33)52-38)22-18-28(6)40(48)50-11/h15-16,18-19,21,23,29,33H,12-14,17,20,22,24-25H2,1-11H3/b27-15+,28-18-/t29-,33+,42-,43?,44-/m1/s1. The van der Waals surface area contributed by atoms with Crippen LogP contribution in [0.5, 0.6) is 17.2 Å². The molecule has 1 spiro atoms. The minimum Gasteiger partial charge on any atom is -0.495 e. The topological polar surface area (TPSA) is 101 Å². The van der Waals surface area contributed by atoms with Crippen molar-refractivity contribution < 1.29 is 38.1 Å². The van der Waals surface area contributed by atoms with Gasteiger partial charge in [-0.1, -0.05) is 49.3 Å². The average molecular weight is 728 g/mol. The first-order valence-corrected chi connectivity index (χ1v) is 19.1. The summed E-state index contributed by atoms with van der Waals surface area (Å²) >= 11 is 0. The van der Waals surface area contributed by atoms with Crippen LogP contribution in [-0.2, 0) is 25.5 Å². The Morgan fingerprint density at radius 1 is 1.00 bits per heavy atom. The fourth-order valence-corrected chi connectivity index (χ4v) is 9.35. The third kappa shape index (κ3) is 6.12. The molecule has 286 valence electrons. The number of methoxy groups -OCH3 is 2. The van der Waals surface area contributed by atoms with Crippen LogP contribution in [0.2, 0.25) is 0 Å². The average Bonchev–Trinajstić information content (AvgIpc) is 3.27. The summed E-state index contributed by atoms with van der Waals surface area (Å²) in [7, 11) is 2.89. The van der Waals surface area contributed by atoms with E-state index in [1.54, 1.807) is 26.2 Å². The van der Waals surface area contributed by atoms with Gasteiger partial charge in [0.1, 0.15) is 28.4 Å². The molecule has 5 atom stereocenters. The zero-order valence-corrected chi connectivity index (χ0v) is 33.5. The number of allylic oxidation sites excluding steroid dienone is 4. The molecule has 3 aliphatic carbocycles. The van der Waals surface area contributed by atoms with E-state index >= 15 is 4.79 Å². The van der Waals surface area contributed by atoms with E-state index in [1.807, 2.05) is 33.8 Å². The highest BCUT2D eigenvalue weighted by molar-refractivity contribution is 6.19. The fraction of sp³-hybridized carbons (Fsp3) is 0.568. The summed E-state index contributed by atoms with van der Waals surface area (Å²) in [6.45, 7) is 21.3. The molecule has 7 rings (SSSR count). The molecule has 1 saturated heterocycles. The van der Waals surface area contributed by atoms with E-state index in [-0.39, 0.29) is 23.9 Å². The number of fused-ring (bicyclic) bond motifs is 2. The first-order chi connectivity index (χ1) is 25.0. The van der Waals surface area contributed by atoms with Gasteiger partial charge in [0.05, 0.1) is 25.4 Å². The molecule has 9 nitrogen and oxygen atoms in total. The quantitative estimate of drug-likeness (QED) is 0.114. The third-order valence-electron chi connectivity index (χ3n) is 12.1. The van der Waals surface area contributed by atoms with Crippen molar-refractivity contribution in [2.75, 3.05) is 33.9 Å². The monoisotopic (exact) mass is 727 g/mol. The minimum absolute atomic E-state index is 0.0487. The van der Waals surface area contributed by atoms with Crippen molar-refractivity contribution in [1.82, 2.24) is 4.90 Å². The van der Waals surface area contributed by atoms with Crippen LogP contribution < -0.4 is 14.2 Å². The molecule has 3 heterocycles. The van der Waals surface area contributed by atoms with E-state index in [2.05, 4.69) is 50.8 Å². The number of hydrogen-bond donors (Lipinski definition) is 0. The fourth-order valence-electron chi connectivity index (χ4n) is 9.35. The van der Waals surface area contributed by atoms with Gasteiger partial charge in [-0.25, -0.2) is 4.79 Å². The lowest BCUT2D eigenvalue weighted by atomic mass is 9.51. The Balaban J connectivity index is 1.50. The Bertz CT molecular complexity index is 1870. The molecule has 0 N–H and O–H groups in total. The highest BCUT2D eigenvalue weighted by Gasteiger charge is 2.81. The van der Waals surface area contributed by atoms with E-state index in [0.29, 0.717) is 52.4 Å². The number of nitrogens with zero attached hydrogens (tertiary/aromatic N) is 1. The number of carbonyl (C=O) groups is 3. The van der Waals surface area contributed by atoms with E-state index in [4.69, 9.17) is 23.7 Å². The van der Waals surface area contributed by atoms with Gasteiger partial charge in [-0.3, -0.25) is 14.5 Å². The SMILES string of the molecule is CCN(CC)C/C(C)=C/CC[C@]1(C)C=Cc2c(c(CC=C(C)C)c3c(c2OC)C(=O)C2=C[C@@H]4C[C@H]5C(C)(C)OC(C/C=C(/C)C(=O)OC)(C4=O)[C@@]25O3)O1. The van der Waals surface area contributed by atoms with Crippen molar-refractivity contribution in [3.05, 3.63) is 69.4 Å². The molecule has 0 aromatic heterocycles. The molecule has 9 heteroatoms. The second-order valence-corrected chi connectivity index (χ2v) is 16.4. The number of esters is 1. The van der Waals surface area contributed by atoms with Crippen LogP contribution in [0.1, 0.15) is 109 Å². The smallest absolute Gasteiger partial charge is 0.333 e. The van der Waals surface area contributed by atoms with Crippen LogP contribution >= 0.6 is 0 Å². The molecular formula is C44H57NO8. The van der Waals surface area contributed by atoms with Crippen LogP contribution in [0, 0.1) is 11.8 Å². The normalized spacial score (nSPS) is 29.2. The lowest BCUT2D eigenvalue weighted by Crippen LogP contribution is -2.72. The third-order valence-corrected chi connectivity index (χ3v) is 12.1. The maximum atomic E-state index is 15.1. The number of benzene rings is 1. The van der Waals surface area contributed by atoms with Crippen LogP contribution in [0.4, 0.5) is 0 Å². The van der Waals surface area contributed by atoms with Crippen LogP contribution in [0.15, 0.2) is 52.7 Å². The Morgan fingerprint density at radius 2 is 1.72 bits per heavy atom. The van der Waals surface area contributed by atoms with Crippen LogP contribution in [0.3, 0.4) is 0 Å². The maximum absolute atomic E-state index is 15.1. The summed E-state index contributed by atoms with van der Waals surface area (Å²) in [6.07, 6.45) is 14.5. The van der Waals surface area contributed by atoms with Crippen molar-refractivity contribution in [2.45, 2.75) is 117 Å².